The van der Waals surface area contributed by atoms with Crippen LogP contribution in [0, 0.1) is 0 Å². The van der Waals surface area contributed by atoms with Crippen LogP contribution in [0.4, 0.5) is 11.4 Å². The first-order valence-electron chi connectivity index (χ1n) is 12.9. The highest BCUT2D eigenvalue weighted by Crippen LogP contribution is 2.51. The minimum atomic E-state index is -1.08. The lowest BCUT2D eigenvalue weighted by Gasteiger charge is -2.40. The molecule has 0 aliphatic carbocycles. The van der Waals surface area contributed by atoms with Crippen LogP contribution < -0.4 is 9.80 Å². The van der Waals surface area contributed by atoms with Gasteiger partial charge in [0.05, 0.1) is 16.8 Å². The Kier molecular flexibility index (Phi) is 5.18. The van der Waals surface area contributed by atoms with Gasteiger partial charge < -0.3 is 5.11 Å². The summed E-state index contributed by atoms with van der Waals surface area (Å²) >= 11 is 0. The van der Waals surface area contributed by atoms with Gasteiger partial charge in [-0.2, -0.15) is 0 Å². The number of carbonyl (C=O) groups excluding carboxylic acids is 3. The second-order valence-electron chi connectivity index (χ2n) is 9.82. The summed E-state index contributed by atoms with van der Waals surface area (Å²) in [5, 5.41) is 10.1. The highest BCUT2D eigenvalue weighted by Gasteiger charge is 2.53. The van der Waals surface area contributed by atoms with Crippen LogP contribution in [0.2, 0.25) is 0 Å². The van der Waals surface area contributed by atoms with Crippen molar-refractivity contribution in [3.63, 3.8) is 0 Å². The molecule has 6 heteroatoms. The van der Waals surface area contributed by atoms with Crippen LogP contribution in [0.1, 0.15) is 47.8 Å². The Morgan fingerprint density at radius 2 is 0.975 bits per heavy atom. The van der Waals surface area contributed by atoms with Gasteiger partial charge in [0.25, 0.3) is 17.7 Å². The fourth-order valence-electron chi connectivity index (χ4n) is 5.98. The zero-order valence-corrected chi connectivity index (χ0v) is 21.2. The maximum absolute atomic E-state index is 14.1. The molecule has 1 unspecified atom stereocenters. The van der Waals surface area contributed by atoms with E-state index in [2.05, 4.69) is 0 Å². The predicted octanol–water partition coefficient (Wildman–Crippen LogP) is 6.15. The molecule has 2 aliphatic heterocycles. The highest BCUT2D eigenvalue weighted by molar-refractivity contribution is 6.34. The van der Waals surface area contributed by atoms with Crippen molar-refractivity contribution in [2.75, 3.05) is 9.80 Å². The minimum Gasteiger partial charge on any atom is -0.508 e. The van der Waals surface area contributed by atoms with Gasteiger partial charge in [-0.1, -0.05) is 72.8 Å². The van der Waals surface area contributed by atoms with E-state index < -0.39 is 5.54 Å². The molecule has 0 radical (unpaired) electrons. The third-order valence-corrected chi connectivity index (χ3v) is 7.72. The van der Waals surface area contributed by atoms with Gasteiger partial charge in [0.15, 0.2) is 0 Å². The molecule has 192 valence electrons. The first-order valence-corrected chi connectivity index (χ1v) is 12.9. The van der Waals surface area contributed by atoms with E-state index >= 15 is 0 Å². The number of fused-ring (bicyclic) bond motifs is 2. The zero-order valence-electron chi connectivity index (χ0n) is 21.2. The Labute approximate surface area is 230 Å². The van der Waals surface area contributed by atoms with Gasteiger partial charge >= 0.3 is 0 Å². The third kappa shape index (κ3) is 3.20. The second-order valence-corrected chi connectivity index (χ2v) is 9.82. The number of para-hydroxylation sites is 1. The van der Waals surface area contributed by atoms with Crippen LogP contribution in [0.5, 0.6) is 5.75 Å². The van der Waals surface area contributed by atoms with E-state index in [1.165, 1.54) is 4.90 Å². The normalized spacial score (nSPS) is 17.8. The van der Waals surface area contributed by atoms with Crippen LogP contribution in [0.15, 0.2) is 127 Å². The Morgan fingerprint density at radius 3 is 1.57 bits per heavy atom. The average Bonchev–Trinajstić information content (AvgIpc) is 3.42. The third-order valence-electron chi connectivity index (χ3n) is 7.72. The zero-order chi connectivity index (χ0) is 27.4. The second kappa shape index (κ2) is 8.78. The van der Waals surface area contributed by atoms with Crippen LogP contribution in [0.3, 0.4) is 0 Å². The van der Waals surface area contributed by atoms with Crippen LogP contribution in [0.25, 0.3) is 0 Å². The van der Waals surface area contributed by atoms with Crippen molar-refractivity contribution in [3.05, 3.63) is 161 Å². The lowest BCUT2D eigenvalue weighted by Crippen LogP contribution is -2.46. The van der Waals surface area contributed by atoms with E-state index in [9.17, 15) is 19.5 Å². The maximum atomic E-state index is 14.1. The monoisotopic (exact) mass is 522 g/mol. The number of benzene rings is 5. The standard InChI is InChI=1S/C34H22N2O4/c37-26-20-16-23(17-21-26)34(30-13-7-6-12-29(30)33(40)36(34)25-8-2-1-3-9-25)22-14-18-24(19-15-22)35-31(38)27-10-4-5-11-28(27)32(35)39/h1-21,37H. The van der Waals surface area contributed by atoms with Gasteiger partial charge in [-0.25, -0.2) is 4.90 Å². The molecule has 2 aliphatic rings. The fourth-order valence-corrected chi connectivity index (χ4v) is 5.98. The molecule has 0 bridgehead atoms. The van der Waals surface area contributed by atoms with Crippen molar-refractivity contribution < 1.29 is 19.5 Å². The number of phenols is 1. The number of nitrogens with zero attached hydrogens (tertiary/aromatic N) is 2. The fraction of sp³-hybridized carbons (Fsp3) is 0.0294. The quantitative estimate of drug-likeness (QED) is 0.288. The van der Waals surface area contributed by atoms with E-state index in [1.807, 2.05) is 78.9 Å². The van der Waals surface area contributed by atoms with Gasteiger partial charge in [-0.05, 0) is 71.3 Å². The van der Waals surface area contributed by atoms with Gasteiger partial charge in [-0.15, -0.1) is 0 Å². The number of rotatable bonds is 4. The molecular weight excluding hydrogens is 500 g/mol. The lowest BCUT2D eigenvalue weighted by molar-refractivity contribution is 0.0924. The van der Waals surface area contributed by atoms with Gasteiger partial charge in [0.1, 0.15) is 11.3 Å². The largest absolute Gasteiger partial charge is 0.508 e. The van der Waals surface area contributed by atoms with Gasteiger partial charge in [0, 0.05) is 11.3 Å². The number of phenolic OH excluding ortho intramolecular Hbond substituents is 1. The van der Waals surface area contributed by atoms with E-state index in [0.29, 0.717) is 28.1 Å². The summed E-state index contributed by atoms with van der Waals surface area (Å²) in [5.74, 6) is -0.772. The topological polar surface area (TPSA) is 77.9 Å². The van der Waals surface area contributed by atoms with Crippen molar-refractivity contribution in [2.24, 2.45) is 0 Å². The summed E-state index contributed by atoms with van der Waals surface area (Å²) < 4.78 is 0. The first-order chi connectivity index (χ1) is 19.5. The molecule has 0 aromatic heterocycles. The molecule has 0 spiro atoms. The summed E-state index contributed by atoms with van der Waals surface area (Å²) in [5.41, 5.74) is 3.74. The minimum absolute atomic E-state index is 0.115. The molecule has 5 aromatic carbocycles. The number of carbonyl (C=O) groups is 3. The van der Waals surface area contributed by atoms with Crippen molar-refractivity contribution >= 4 is 29.1 Å². The summed E-state index contributed by atoms with van der Waals surface area (Å²) in [6.45, 7) is 0. The van der Waals surface area contributed by atoms with Crippen LogP contribution >= 0.6 is 0 Å². The number of hydrogen-bond donors (Lipinski definition) is 1. The summed E-state index contributed by atoms with van der Waals surface area (Å²) in [7, 11) is 0. The molecule has 1 N–H and O–H groups in total. The molecule has 1 atom stereocenters. The van der Waals surface area contributed by atoms with Crippen molar-refractivity contribution in [1.29, 1.82) is 0 Å². The summed E-state index contributed by atoms with van der Waals surface area (Å²) in [6, 6.07) is 37.8. The van der Waals surface area contributed by atoms with E-state index in [1.54, 1.807) is 53.4 Å². The molecule has 2 heterocycles. The number of aromatic hydroxyl groups is 1. The molecule has 6 nitrogen and oxygen atoms in total. The molecular formula is C34H22N2O4. The Morgan fingerprint density at radius 1 is 0.475 bits per heavy atom. The lowest BCUT2D eigenvalue weighted by atomic mass is 9.76. The highest BCUT2D eigenvalue weighted by atomic mass is 16.3. The van der Waals surface area contributed by atoms with Gasteiger partial charge in [-0.3, -0.25) is 19.3 Å². The maximum Gasteiger partial charge on any atom is 0.266 e. The summed E-state index contributed by atoms with van der Waals surface area (Å²) in [6.07, 6.45) is 0. The Hall–Kier alpha value is -5.49. The number of amides is 3. The molecule has 40 heavy (non-hydrogen) atoms. The SMILES string of the molecule is O=C1c2ccccc2C(=O)N1c1ccc(C2(c3ccc(O)cc3)c3ccccc3C(=O)N2c2ccccc2)cc1. The van der Waals surface area contributed by atoms with Crippen molar-refractivity contribution in [2.45, 2.75) is 5.54 Å². The number of anilines is 2. The smallest absolute Gasteiger partial charge is 0.266 e. The molecule has 5 aromatic rings. The van der Waals surface area contributed by atoms with Crippen LogP contribution in [-0.2, 0) is 5.54 Å². The number of imide groups is 1. The molecule has 3 amide bonds. The molecule has 0 fully saturated rings. The van der Waals surface area contributed by atoms with Crippen LogP contribution in [-0.4, -0.2) is 22.8 Å². The Bertz CT molecular complexity index is 1780. The first kappa shape index (κ1) is 23.6. The predicted molar refractivity (Wildman–Crippen MR) is 152 cm³/mol. The summed E-state index contributed by atoms with van der Waals surface area (Å²) in [4.78, 5) is 43.3. The van der Waals surface area contributed by atoms with Crippen molar-refractivity contribution in [1.82, 2.24) is 0 Å². The van der Waals surface area contributed by atoms with E-state index in [-0.39, 0.29) is 23.5 Å². The molecule has 0 saturated heterocycles. The average molecular weight is 523 g/mol. The van der Waals surface area contributed by atoms with E-state index in [0.717, 1.165) is 16.7 Å². The van der Waals surface area contributed by atoms with Crippen molar-refractivity contribution in [3.8, 4) is 5.75 Å². The Balaban J connectivity index is 1.45. The van der Waals surface area contributed by atoms with E-state index in [4.69, 9.17) is 0 Å². The molecule has 0 saturated carbocycles. The molecule has 7 rings (SSSR count). The van der Waals surface area contributed by atoms with Gasteiger partial charge in [0.2, 0.25) is 0 Å². The number of hydrogen-bond acceptors (Lipinski definition) is 4.